The van der Waals surface area contributed by atoms with Crippen LogP contribution in [0.2, 0.25) is 0 Å². The number of hydrogen-bond donors (Lipinski definition) is 3. The van der Waals surface area contributed by atoms with E-state index in [1.165, 1.54) is 0 Å². The molecule has 0 fully saturated rings. The van der Waals surface area contributed by atoms with Crippen molar-refractivity contribution in [2.75, 3.05) is 7.11 Å². The predicted octanol–water partition coefficient (Wildman–Crippen LogP) is 0.674. The van der Waals surface area contributed by atoms with Gasteiger partial charge in [-0.3, -0.25) is 9.59 Å². The molecule has 19 heavy (non-hydrogen) atoms. The normalized spacial score (nSPS) is 13.4. The van der Waals surface area contributed by atoms with Crippen LogP contribution >= 0.6 is 0 Å². The Morgan fingerprint density at radius 3 is 2.74 bits per heavy atom. The van der Waals surface area contributed by atoms with Gasteiger partial charge in [0.05, 0.1) is 25.6 Å². The number of nitrogens with two attached hydrogens (primary N) is 1. The fraction of sp³-hybridized carbons (Fsp3) is 0.385. The Labute approximate surface area is 111 Å². The molecule has 0 radical (unpaired) electrons. The number of rotatable bonds is 6. The number of nitrogens with one attached hydrogen (secondary N) is 1. The molecule has 4 N–H and O–H groups in total. The van der Waals surface area contributed by atoms with Crippen LogP contribution in [0.4, 0.5) is 0 Å². The maximum absolute atomic E-state index is 11.7. The van der Waals surface area contributed by atoms with Crippen molar-refractivity contribution in [1.29, 1.82) is 0 Å². The molecule has 104 valence electrons. The number of hydrogen-bond acceptors (Lipinski definition) is 4. The highest BCUT2D eigenvalue weighted by atomic mass is 16.5. The first-order chi connectivity index (χ1) is 8.93. The number of benzene rings is 1. The third-order valence-corrected chi connectivity index (χ3v) is 2.68. The van der Waals surface area contributed by atoms with Crippen molar-refractivity contribution in [3.63, 3.8) is 0 Å². The Kier molecular flexibility index (Phi) is 5.32. The SMILES string of the molecule is COc1cccc([C@@H](C)NC(=O)C(N)CC(=O)O)c1. The molecule has 1 aromatic carbocycles. The first kappa shape index (κ1) is 15.0. The van der Waals surface area contributed by atoms with Gasteiger partial charge in [0.15, 0.2) is 0 Å². The molecule has 0 saturated heterocycles. The van der Waals surface area contributed by atoms with Gasteiger partial charge < -0.3 is 20.9 Å². The van der Waals surface area contributed by atoms with Gasteiger partial charge in [0, 0.05) is 0 Å². The summed E-state index contributed by atoms with van der Waals surface area (Å²) in [6.45, 7) is 1.79. The molecular formula is C13H18N2O4. The van der Waals surface area contributed by atoms with E-state index in [1.54, 1.807) is 26.2 Å². The first-order valence-electron chi connectivity index (χ1n) is 5.85. The maximum Gasteiger partial charge on any atom is 0.305 e. The van der Waals surface area contributed by atoms with E-state index >= 15 is 0 Å². The fourth-order valence-corrected chi connectivity index (χ4v) is 1.60. The monoisotopic (exact) mass is 266 g/mol. The number of ether oxygens (including phenoxy) is 1. The van der Waals surface area contributed by atoms with E-state index in [1.807, 2.05) is 12.1 Å². The van der Waals surface area contributed by atoms with Crippen LogP contribution < -0.4 is 15.8 Å². The van der Waals surface area contributed by atoms with Gasteiger partial charge in [-0.15, -0.1) is 0 Å². The fourth-order valence-electron chi connectivity index (χ4n) is 1.60. The lowest BCUT2D eigenvalue weighted by molar-refractivity contribution is -0.139. The largest absolute Gasteiger partial charge is 0.497 e. The lowest BCUT2D eigenvalue weighted by atomic mass is 10.1. The zero-order chi connectivity index (χ0) is 14.4. The molecule has 6 heteroatoms. The van der Waals surface area contributed by atoms with Crippen LogP contribution in [-0.4, -0.2) is 30.1 Å². The standard InChI is InChI=1S/C13H18N2O4/c1-8(9-4-3-5-10(6-9)19-2)15-13(18)11(14)7-12(16)17/h3-6,8,11H,7,14H2,1-2H3,(H,15,18)(H,16,17)/t8-,11?/m1/s1. The smallest absolute Gasteiger partial charge is 0.305 e. The highest BCUT2D eigenvalue weighted by Crippen LogP contribution is 2.18. The molecule has 0 aliphatic rings. The summed E-state index contributed by atoms with van der Waals surface area (Å²) in [7, 11) is 1.56. The second-order valence-electron chi connectivity index (χ2n) is 4.21. The summed E-state index contributed by atoms with van der Waals surface area (Å²) in [4.78, 5) is 22.2. The van der Waals surface area contributed by atoms with Crippen LogP contribution in [0.1, 0.15) is 24.9 Å². The third-order valence-electron chi connectivity index (χ3n) is 2.68. The van der Waals surface area contributed by atoms with Crippen molar-refractivity contribution >= 4 is 11.9 Å². The number of carbonyl (C=O) groups is 2. The van der Waals surface area contributed by atoms with E-state index in [9.17, 15) is 9.59 Å². The van der Waals surface area contributed by atoms with E-state index in [-0.39, 0.29) is 6.04 Å². The van der Waals surface area contributed by atoms with Gasteiger partial charge in [-0.1, -0.05) is 12.1 Å². The van der Waals surface area contributed by atoms with Crippen molar-refractivity contribution in [1.82, 2.24) is 5.32 Å². The molecule has 2 atom stereocenters. The summed E-state index contributed by atoms with van der Waals surface area (Å²) in [5.41, 5.74) is 6.34. The molecule has 0 aliphatic heterocycles. The number of methoxy groups -OCH3 is 1. The zero-order valence-corrected chi connectivity index (χ0v) is 10.9. The van der Waals surface area contributed by atoms with Crippen LogP contribution in [0.25, 0.3) is 0 Å². The quantitative estimate of drug-likeness (QED) is 0.702. The number of carboxylic acids is 1. The van der Waals surface area contributed by atoms with E-state index in [4.69, 9.17) is 15.6 Å². The molecule has 1 unspecified atom stereocenters. The zero-order valence-electron chi connectivity index (χ0n) is 10.9. The second kappa shape index (κ2) is 6.75. The van der Waals surface area contributed by atoms with Crippen molar-refractivity contribution in [2.24, 2.45) is 5.73 Å². The molecule has 6 nitrogen and oxygen atoms in total. The predicted molar refractivity (Wildman–Crippen MR) is 69.8 cm³/mol. The second-order valence-corrected chi connectivity index (χ2v) is 4.21. The van der Waals surface area contributed by atoms with Crippen LogP contribution in [0.15, 0.2) is 24.3 Å². The van der Waals surface area contributed by atoms with Crippen molar-refractivity contribution < 1.29 is 19.4 Å². The van der Waals surface area contributed by atoms with Gasteiger partial charge in [0.2, 0.25) is 5.91 Å². The number of carboxylic acid groups (broad SMARTS) is 1. The topological polar surface area (TPSA) is 102 Å². The van der Waals surface area contributed by atoms with Crippen LogP contribution in [0.3, 0.4) is 0 Å². The van der Waals surface area contributed by atoms with Gasteiger partial charge in [-0.05, 0) is 24.6 Å². The first-order valence-corrected chi connectivity index (χ1v) is 5.85. The number of carbonyl (C=O) groups excluding carboxylic acids is 1. The van der Waals surface area contributed by atoms with Crippen molar-refractivity contribution in [3.8, 4) is 5.75 Å². The van der Waals surface area contributed by atoms with Crippen LogP contribution in [0.5, 0.6) is 5.75 Å². The van der Waals surface area contributed by atoms with Gasteiger partial charge in [-0.2, -0.15) is 0 Å². The highest BCUT2D eigenvalue weighted by molar-refractivity contribution is 5.86. The number of amides is 1. The Morgan fingerprint density at radius 1 is 1.47 bits per heavy atom. The summed E-state index contributed by atoms with van der Waals surface area (Å²) in [5.74, 6) is -0.900. The molecular weight excluding hydrogens is 248 g/mol. The van der Waals surface area contributed by atoms with Gasteiger partial charge >= 0.3 is 5.97 Å². The van der Waals surface area contributed by atoms with Crippen molar-refractivity contribution in [2.45, 2.75) is 25.4 Å². The Hall–Kier alpha value is -2.08. The summed E-state index contributed by atoms with van der Waals surface area (Å²) < 4.78 is 5.09. The minimum Gasteiger partial charge on any atom is -0.497 e. The molecule has 1 aromatic rings. The van der Waals surface area contributed by atoms with E-state index < -0.39 is 24.3 Å². The van der Waals surface area contributed by atoms with Crippen molar-refractivity contribution in [3.05, 3.63) is 29.8 Å². The Morgan fingerprint density at radius 2 is 2.16 bits per heavy atom. The highest BCUT2D eigenvalue weighted by Gasteiger charge is 2.19. The van der Waals surface area contributed by atoms with Crippen LogP contribution in [0, 0.1) is 0 Å². The van der Waals surface area contributed by atoms with Crippen LogP contribution in [-0.2, 0) is 9.59 Å². The van der Waals surface area contributed by atoms with Gasteiger partial charge in [0.25, 0.3) is 0 Å². The molecule has 0 saturated carbocycles. The molecule has 1 rings (SSSR count). The average Bonchev–Trinajstić information content (AvgIpc) is 2.37. The van der Waals surface area contributed by atoms with Gasteiger partial charge in [-0.25, -0.2) is 0 Å². The summed E-state index contributed by atoms with van der Waals surface area (Å²) in [6, 6.07) is 5.93. The lowest BCUT2D eigenvalue weighted by Gasteiger charge is -2.17. The summed E-state index contributed by atoms with van der Waals surface area (Å²) >= 11 is 0. The minimum absolute atomic E-state index is 0.276. The van der Waals surface area contributed by atoms with Gasteiger partial charge in [0.1, 0.15) is 5.75 Å². The third kappa shape index (κ3) is 4.59. The molecule has 1 amide bonds. The van der Waals surface area contributed by atoms with E-state index in [0.717, 1.165) is 5.56 Å². The molecule has 0 aliphatic carbocycles. The molecule has 0 heterocycles. The average molecular weight is 266 g/mol. The Balaban J connectivity index is 2.65. The lowest BCUT2D eigenvalue weighted by Crippen LogP contribution is -2.42. The summed E-state index contributed by atoms with van der Waals surface area (Å²) in [6.07, 6.45) is -0.392. The molecule has 0 spiro atoms. The molecule has 0 aromatic heterocycles. The van der Waals surface area contributed by atoms with E-state index in [0.29, 0.717) is 5.75 Å². The number of aliphatic carboxylic acids is 1. The van der Waals surface area contributed by atoms with E-state index in [2.05, 4.69) is 5.32 Å². The minimum atomic E-state index is -1.10. The molecule has 0 bridgehead atoms. The Bertz CT molecular complexity index is 462. The summed E-state index contributed by atoms with van der Waals surface area (Å²) in [5, 5.41) is 11.2. The maximum atomic E-state index is 11.7.